The number of aliphatic imine (C=N–C) groups is 1. The van der Waals surface area contributed by atoms with Crippen LogP contribution in [0, 0.1) is 24.3 Å². The van der Waals surface area contributed by atoms with E-state index in [1.165, 1.54) is 24.4 Å². The molecule has 11 heteroatoms. The van der Waals surface area contributed by atoms with Crippen molar-refractivity contribution in [3.63, 3.8) is 0 Å². The van der Waals surface area contributed by atoms with Crippen molar-refractivity contribution in [3.05, 3.63) is 35.4 Å². The standard InChI is InChI=1S/C12H20N2O2.C10H9F3N4.C2H2/c15-11-6-2-1-3-9-14(11)10-12(16)13-7-4-5-8-13;11-10(12,13)8-4-2-1-3-7(8)5-16-9(15)17-6-14;1-2/h1-10H2;1-4H,5H2,(H3,15,16,17);1-2H. The van der Waals surface area contributed by atoms with E-state index >= 15 is 0 Å². The summed E-state index contributed by atoms with van der Waals surface area (Å²) in [6, 6.07) is 5.06. The summed E-state index contributed by atoms with van der Waals surface area (Å²) in [5, 5.41) is 10.2. The van der Waals surface area contributed by atoms with Crippen LogP contribution in [0.3, 0.4) is 0 Å². The van der Waals surface area contributed by atoms with Gasteiger partial charge in [-0.2, -0.15) is 18.4 Å². The van der Waals surface area contributed by atoms with Crippen LogP contribution in [0.15, 0.2) is 29.3 Å². The van der Waals surface area contributed by atoms with Gasteiger partial charge in [0.25, 0.3) is 0 Å². The predicted octanol–water partition coefficient (Wildman–Crippen LogP) is 2.85. The summed E-state index contributed by atoms with van der Waals surface area (Å²) in [5.41, 5.74) is 4.47. The van der Waals surface area contributed by atoms with Crippen LogP contribution in [-0.4, -0.2) is 53.8 Å². The summed E-state index contributed by atoms with van der Waals surface area (Å²) in [4.78, 5) is 30.9. The fourth-order valence-corrected chi connectivity index (χ4v) is 3.64. The van der Waals surface area contributed by atoms with Gasteiger partial charge in [0.1, 0.15) is 0 Å². The van der Waals surface area contributed by atoms with Gasteiger partial charge in [-0.1, -0.05) is 24.6 Å². The second-order valence-electron chi connectivity index (χ2n) is 7.81. The van der Waals surface area contributed by atoms with Gasteiger partial charge in [0.05, 0.1) is 18.7 Å². The second kappa shape index (κ2) is 15.2. The minimum absolute atomic E-state index is 0.00249. The molecule has 0 saturated carbocycles. The fourth-order valence-electron chi connectivity index (χ4n) is 3.64. The van der Waals surface area contributed by atoms with E-state index in [-0.39, 0.29) is 29.9 Å². The van der Waals surface area contributed by atoms with Crippen LogP contribution < -0.4 is 11.1 Å². The number of amides is 2. The predicted molar refractivity (Wildman–Crippen MR) is 126 cm³/mol. The lowest BCUT2D eigenvalue weighted by atomic mass is 10.1. The van der Waals surface area contributed by atoms with Gasteiger partial charge in [0.2, 0.25) is 17.8 Å². The smallest absolute Gasteiger partial charge is 0.369 e. The highest BCUT2D eigenvalue weighted by molar-refractivity contribution is 5.85. The number of rotatable bonds is 4. The van der Waals surface area contributed by atoms with Crippen LogP contribution >= 0.6 is 0 Å². The molecule has 1 aromatic carbocycles. The van der Waals surface area contributed by atoms with Crippen LogP contribution in [0.5, 0.6) is 0 Å². The van der Waals surface area contributed by atoms with Gasteiger partial charge in [0, 0.05) is 26.1 Å². The molecule has 190 valence electrons. The number of likely N-dealkylation sites (tertiary alicyclic amines) is 2. The number of hydrogen-bond donors (Lipinski definition) is 2. The summed E-state index contributed by atoms with van der Waals surface area (Å²) in [5.74, 6) is 0.0716. The monoisotopic (exact) mass is 492 g/mol. The Balaban J connectivity index is 0.000000327. The molecular formula is C24H31F3N6O2. The van der Waals surface area contributed by atoms with E-state index in [1.807, 2.05) is 10.2 Å². The number of nitrogens with two attached hydrogens (primary N) is 1. The molecule has 0 spiro atoms. The van der Waals surface area contributed by atoms with Crippen LogP contribution in [0.25, 0.3) is 0 Å². The van der Waals surface area contributed by atoms with E-state index in [4.69, 9.17) is 11.0 Å². The molecule has 3 N–H and O–H groups in total. The molecular weight excluding hydrogens is 461 g/mol. The minimum Gasteiger partial charge on any atom is -0.369 e. The minimum atomic E-state index is -4.43. The lowest BCUT2D eigenvalue weighted by Gasteiger charge is -2.23. The Hall–Kier alpha value is -3.73. The number of guanidine groups is 1. The van der Waals surface area contributed by atoms with Crippen molar-refractivity contribution in [2.45, 2.75) is 51.2 Å². The third-order valence-corrected chi connectivity index (χ3v) is 5.38. The van der Waals surface area contributed by atoms with Gasteiger partial charge in [-0.3, -0.25) is 14.9 Å². The summed E-state index contributed by atoms with van der Waals surface area (Å²) >= 11 is 0. The van der Waals surface area contributed by atoms with E-state index in [2.05, 4.69) is 17.8 Å². The Morgan fingerprint density at radius 1 is 1.11 bits per heavy atom. The first kappa shape index (κ1) is 29.3. The van der Waals surface area contributed by atoms with Crippen molar-refractivity contribution in [1.82, 2.24) is 15.1 Å². The Morgan fingerprint density at radius 2 is 1.74 bits per heavy atom. The molecule has 8 nitrogen and oxygen atoms in total. The zero-order valence-electron chi connectivity index (χ0n) is 19.6. The maximum Gasteiger partial charge on any atom is 0.416 e. The lowest BCUT2D eigenvalue weighted by molar-refractivity contribution is -0.139. The van der Waals surface area contributed by atoms with Gasteiger partial charge in [-0.15, -0.1) is 12.8 Å². The van der Waals surface area contributed by atoms with Crippen molar-refractivity contribution in [3.8, 4) is 19.0 Å². The largest absolute Gasteiger partial charge is 0.416 e. The first-order chi connectivity index (χ1) is 16.7. The van der Waals surface area contributed by atoms with Crippen LogP contribution in [0.1, 0.15) is 49.7 Å². The average Bonchev–Trinajstić information content (AvgIpc) is 3.31. The van der Waals surface area contributed by atoms with Gasteiger partial charge in [-0.25, -0.2) is 4.99 Å². The number of hydrogen-bond acceptors (Lipinski definition) is 4. The van der Waals surface area contributed by atoms with Gasteiger partial charge in [0.15, 0.2) is 6.19 Å². The van der Waals surface area contributed by atoms with Crippen molar-refractivity contribution < 1.29 is 22.8 Å². The maximum absolute atomic E-state index is 12.6. The zero-order valence-corrected chi connectivity index (χ0v) is 19.6. The number of nitrogens with zero attached hydrogens (tertiary/aromatic N) is 4. The maximum atomic E-state index is 12.6. The van der Waals surface area contributed by atoms with Crippen LogP contribution in [0.4, 0.5) is 13.2 Å². The molecule has 0 aliphatic carbocycles. The van der Waals surface area contributed by atoms with Gasteiger partial charge < -0.3 is 15.5 Å². The Bertz CT molecular complexity index is 918. The summed E-state index contributed by atoms with van der Waals surface area (Å²) in [7, 11) is 0. The van der Waals surface area contributed by atoms with E-state index < -0.39 is 11.7 Å². The van der Waals surface area contributed by atoms with E-state index in [1.54, 1.807) is 4.90 Å². The molecule has 2 heterocycles. The Morgan fingerprint density at radius 3 is 2.37 bits per heavy atom. The number of alkyl halides is 3. The third-order valence-electron chi connectivity index (χ3n) is 5.38. The molecule has 0 unspecified atom stereocenters. The van der Waals surface area contributed by atoms with Crippen molar-refractivity contribution in [2.75, 3.05) is 26.2 Å². The molecule has 2 saturated heterocycles. The lowest BCUT2D eigenvalue weighted by Crippen LogP contribution is -2.41. The normalized spacial score (nSPS) is 16.1. The number of terminal acetylenes is 1. The van der Waals surface area contributed by atoms with Crippen molar-refractivity contribution >= 4 is 17.8 Å². The molecule has 1 aromatic rings. The third kappa shape index (κ3) is 10.4. The highest BCUT2D eigenvalue weighted by atomic mass is 19.4. The van der Waals surface area contributed by atoms with E-state index in [0.717, 1.165) is 57.8 Å². The number of nitrogens with one attached hydrogen (secondary N) is 1. The summed E-state index contributed by atoms with van der Waals surface area (Å²) in [6.07, 6.45) is 11.1. The SMILES string of the molecule is C#C.N#CNC(N)=NCc1ccccc1C(F)(F)F.O=C(CN1CCCCCC1=O)N1CCCC1. The number of carbonyl (C=O) groups excluding carboxylic acids is 2. The quantitative estimate of drug-likeness (QED) is 0.221. The molecule has 0 bridgehead atoms. The van der Waals surface area contributed by atoms with Crippen molar-refractivity contribution in [1.29, 1.82) is 5.26 Å². The van der Waals surface area contributed by atoms with Crippen LogP contribution in [-0.2, 0) is 22.3 Å². The average molecular weight is 493 g/mol. The topological polar surface area (TPSA) is 115 Å². The highest BCUT2D eigenvalue weighted by Crippen LogP contribution is 2.32. The zero-order chi connectivity index (χ0) is 26.3. The number of nitriles is 1. The number of benzene rings is 1. The highest BCUT2D eigenvalue weighted by Gasteiger charge is 2.32. The van der Waals surface area contributed by atoms with Gasteiger partial charge >= 0.3 is 6.18 Å². The Labute approximate surface area is 204 Å². The number of carbonyl (C=O) groups is 2. The summed E-state index contributed by atoms with van der Waals surface area (Å²) in [6.45, 7) is 2.58. The summed E-state index contributed by atoms with van der Waals surface area (Å²) < 4.78 is 37.7. The molecule has 2 fully saturated rings. The molecule has 2 aliphatic rings. The molecule has 3 rings (SSSR count). The molecule has 2 amide bonds. The molecule has 2 aliphatic heterocycles. The van der Waals surface area contributed by atoms with E-state index in [0.29, 0.717) is 13.0 Å². The van der Waals surface area contributed by atoms with Crippen molar-refractivity contribution in [2.24, 2.45) is 10.7 Å². The fraction of sp³-hybridized carbons (Fsp3) is 0.500. The number of halogens is 3. The van der Waals surface area contributed by atoms with E-state index in [9.17, 15) is 22.8 Å². The first-order valence-electron chi connectivity index (χ1n) is 11.2. The van der Waals surface area contributed by atoms with Gasteiger partial charge in [-0.05, 0) is 37.3 Å². The van der Waals surface area contributed by atoms with Crippen LogP contribution in [0.2, 0.25) is 0 Å². The molecule has 35 heavy (non-hydrogen) atoms. The second-order valence-corrected chi connectivity index (χ2v) is 7.81. The molecule has 0 atom stereocenters. The Kier molecular flexibility index (Phi) is 12.7. The molecule has 0 aromatic heterocycles. The first-order valence-corrected chi connectivity index (χ1v) is 11.2. The molecule has 0 radical (unpaired) electrons.